The lowest BCUT2D eigenvalue weighted by atomic mass is 9.88. The van der Waals surface area contributed by atoms with Crippen LogP contribution in [0.15, 0.2) is 59.3 Å². The molecule has 0 bridgehead atoms. The van der Waals surface area contributed by atoms with E-state index in [1.807, 2.05) is 24.3 Å². The number of primary amides is 1. The zero-order chi connectivity index (χ0) is 18.1. The maximum atomic E-state index is 11.2. The zero-order valence-corrected chi connectivity index (χ0v) is 15.6. The maximum absolute atomic E-state index is 11.2. The molecule has 132 valence electrons. The molecule has 2 heterocycles. The molecule has 0 saturated carbocycles. The normalized spacial score (nSPS) is 11.5. The first-order chi connectivity index (χ1) is 12.6. The van der Waals surface area contributed by atoms with E-state index in [4.69, 9.17) is 5.73 Å². The number of benzene rings is 2. The van der Waals surface area contributed by atoms with Crippen molar-refractivity contribution in [2.75, 3.05) is 6.54 Å². The van der Waals surface area contributed by atoms with Gasteiger partial charge >= 0.3 is 6.03 Å². The third-order valence-corrected chi connectivity index (χ3v) is 6.62. The Labute approximate surface area is 159 Å². The summed E-state index contributed by atoms with van der Waals surface area (Å²) in [7, 11) is 0. The minimum atomic E-state index is -0.825. The van der Waals surface area contributed by atoms with Gasteiger partial charge in [0.1, 0.15) is 0 Å². The number of thiophene rings is 2. The molecule has 2 amide bonds. The smallest absolute Gasteiger partial charge is 0.338 e. The molecule has 0 fully saturated rings. The summed E-state index contributed by atoms with van der Waals surface area (Å²) in [6, 6.07) is 15.9. The highest BCUT2D eigenvalue weighted by Gasteiger charge is 2.22. The first kappa shape index (κ1) is 17.0. The largest absolute Gasteiger partial charge is 0.350 e. The minimum absolute atomic E-state index is 0.0799. The predicted octanol–water partition coefficient (Wildman–Crippen LogP) is 5.41. The van der Waals surface area contributed by atoms with Gasteiger partial charge in [0.2, 0.25) is 0 Å². The number of carbonyl (C=O) groups is 1. The van der Waals surface area contributed by atoms with E-state index >= 15 is 0 Å². The van der Waals surface area contributed by atoms with Gasteiger partial charge in [-0.2, -0.15) is 0 Å². The van der Waals surface area contributed by atoms with Crippen molar-refractivity contribution in [3.05, 3.63) is 70.4 Å². The molecule has 0 spiro atoms. The SMILES string of the molecule is NC(=O)N(O)CCC(c1csc2ccccc12)c1csc2ccccc12. The topological polar surface area (TPSA) is 66.6 Å². The lowest BCUT2D eigenvalue weighted by Crippen LogP contribution is -2.34. The van der Waals surface area contributed by atoms with Crippen molar-refractivity contribution < 1.29 is 10.0 Å². The number of nitrogens with two attached hydrogens (primary N) is 1. The fourth-order valence-corrected chi connectivity index (χ4v) is 5.41. The highest BCUT2D eigenvalue weighted by Crippen LogP contribution is 2.41. The minimum Gasteiger partial charge on any atom is -0.350 e. The Morgan fingerprint density at radius 3 is 1.96 bits per heavy atom. The van der Waals surface area contributed by atoms with Crippen molar-refractivity contribution in [3.63, 3.8) is 0 Å². The van der Waals surface area contributed by atoms with Crippen molar-refractivity contribution in [2.45, 2.75) is 12.3 Å². The highest BCUT2D eigenvalue weighted by atomic mass is 32.1. The van der Waals surface area contributed by atoms with Crippen molar-refractivity contribution in [2.24, 2.45) is 5.73 Å². The molecule has 4 rings (SSSR count). The maximum Gasteiger partial charge on any atom is 0.338 e. The van der Waals surface area contributed by atoms with Crippen molar-refractivity contribution >= 4 is 48.9 Å². The van der Waals surface area contributed by atoms with Crippen molar-refractivity contribution in [3.8, 4) is 0 Å². The second kappa shape index (κ2) is 7.07. The molecule has 2 aromatic carbocycles. The number of fused-ring (bicyclic) bond motifs is 2. The molecule has 26 heavy (non-hydrogen) atoms. The standard InChI is InChI=1S/C20H18N2O2S2/c21-20(23)22(24)10-9-13(16-11-25-18-7-3-1-5-14(16)18)17-12-26-19-8-4-2-6-15(17)19/h1-8,11-13,24H,9-10H2,(H2,21,23). The molecule has 0 atom stereocenters. The summed E-state index contributed by atoms with van der Waals surface area (Å²) in [4.78, 5) is 11.2. The van der Waals surface area contributed by atoms with Crippen LogP contribution in [-0.4, -0.2) is 22.8 Å². The second-order valence-electron chi connectivity index (χ2n) is 6.18. The van der Waals surface area contributed by atoms with Gasteiger partial charge in [0.15, 0.2) is 0 Å². The lowest BCUT2D eigenvalue weighted by molar-refractivity contribution is -0.0405. The molecule has 3 N–H and O–H groups in total. The van der Waals surface area contributed by atoms with Crippen molar-refractivity contribution in [1.82, 2.24) is 5.06 Å². The van der Waals surface area contributed by atoms with Gasteiger partial charge in [-0.15, -0.1) is 22.7 Å². The van der Waals surface area contributed by atoms with Crippen LogP contribution in [0.2, 0.25) is 0 Å². The van der Waals surface area contributed by atoms with Crippen molar-refractivity contribution in [1.29, 1.82) is 0 Å². The van der Waals surface area contributed by atoms with Crippen LogP contribution in [0.3, 0.4) is 0 Å². The number of rotatable bonds is 5. The number of amides is 2. The van der Waals surface area contributed by atoms with Crippen LogP contribution in [-0.2, 0) is 0 Å². The summed E-state index contributed by atoms with van der Waals surface area (Å²) in [6.45, 7) is 0.189. The Balaban J connectivity index is 1.80. The van der Waals surface area contributed by atoms with E-state index in [0.29, 0.717) is 11.5 Å². The third-order valence-electron chi connectivity index (χ3n) is 4.66. The first-order valence-electron chi connectivity index (χ1n) is 8.33. The van der Waals surface area contributed by atoms with Crippen LogP contribution in [0, 0.1) is 0 Å². The Bertz CT molecular complexity index is 996. The average Bonchev–Trinajstić information content (AvgIpc) is 3.27. The van der Waals surface area contributed by atoms with Gasteiger partial charge < -0.3 is 5.73 Å². The summed E-state index contributed by atoms with van der Waals surface area (Å²) in [5.74, 6) is 0.0799. The van der Waals surface area contributed by atoms with Crippen LogP contribution in [0.5, 0.6) is 0 Å². The van der Waals surface area contributed by atoms with E-state index in [2.05, 4.69) is 35.0 Å². The summed E-state index contributed by atoms with van der Waals surface area (Å²) in [6.07, 6.45) is 0.598. The predicted molar refractivity (Wildman–Crippen MR) is 108 cm³/mol. The summed E-state index contributed by atoms with van der Waals surface area (Å²) in [5.41, 5.74) is 7.64. The van der Waals surface area contributed by atoms with Crippen LogP contribution in [0.4, 0.5) is 4.79 Å². The summed E-state index contributed by atoms with van der Waals surface area (Å²) < 4.78 is 2.48. The molecule has 2 aromatic heterocycles. The molecule has 4 aromatic rings. The van der Waals surface area contributed by atoms with Gasteiger partial charge in [0, 0.05) is 15.3 Å². The number of hydrogen-bond donors (Lipinski definition) is 2. The number of nitrogens with zero attached hydrogens (tertiary/aromatic N) is 1. The number of hydroxylamine groups is 2. The number of urea groups is 1. The molecule has 0 radical (unpaired) electrons. The highest BCUT2D eigenvalue weighted by molar-refractivity contribution is 7.17. The first-order valence-corrected chi connectivity index (χ1v) is 10.1. The molecule has 4 nitrogen and oxygen atoms in total. The molecular weight excluding hydrogens is 364 g/mol. The van der Waals surface area contributed by atoms with Crippen LogP contribution in [0.25, 0.3) is 20.2 Å². The zero-order valence-electron chi connectivity index (χ0n) is 14.0. The van der Waals surface area contributed by atoms with Crippen LogP contribution < -0.4 is 5.73 Å². The van der Waals surface area contributed by atoms with E-state index in [1.54, 1.807) is 22.7 Å². The third kappa shape index (κ3) is 3.07. The van der Waals surface area contributed by atoms with E-state index in [9.17, 15) is 10.0 Å². The van der Waals surface area contributed by atoms with Gasteiger partial charge in [-0.3, -0.25) is 5.21 Å². The van der Waals surface area contributed by atoms with Crippen LogP contribution >= 0.6 is 22.7 Å². The van der Waals surface area contributed by atoms with Gasteiger partial charge in [0.05, 0.1) is 6.54 Å². The molecular formula is C20H18N2O2S2. The Hall–Kier alpha value is -2.41. The molecule has 0 unspecified atom stereocenters. The monoisotopic (exact) mass is 382 g/mol. The fraction of sp³-hybridized carbons (Fsp3) is 0.150. The van der Waals surface area contributed by atoms with E-state index in [1.165, 1.54) is 31.3 Å². The van der Waals surface area contributed by atoms with Gasteiger partial charge in [-0.1, -0.05) is 36.4 Å². The molecule has 0 aliphatic carbocycles. The Morgan fingerprint density at radius 1 is 0.962 bits per heavy atom. The Kier molecular flexibility index (Phi) is 4.63. The average molecular weight is 383 g/mol. The van der Waals surface area contributed by atoms with E-state index in [-0.39, 0.29) is 12.5 Å². The second-order valence-corrected chi connectivity index (χ2v) is 8.00. The summed E-state index contributed by atoms with van der Waals surface area (Å²) in [5, 5.41) is 17.2. The number of carbonyl (C=O) groups excluding carboxylic acids is 1. The molecule has 0 saturated heterocycles. The lowest BCUT2D eigenvalue weighted by Gasteiger charge is -2.19. The summed E-state index contributed by atoms with van der Waals surface area (Å²) >= 11 is 3.44. The van der Waals surface area contributed by atoms with Gasteiger partial charge in [0.25, 0.3) is 0 Å². The van der Waals surface area contributed by atoms with Crippen LogP contribution in [0.1, 0.15) is 23.5 Å². The fourth-order valence-electron chi connectivity index (χ4n) is 3.38. The van der Waals surface area contributed by atoms with E-state index < -0.39 is 6.03 Å². The molecule has 0 aliphatic heterocycles. The van der Waals surface area contributed by atoms with E-state index in [0.717, 1.165) is 0 Å². The quantitative estimate of drug-likeness (QED) is 0.358. The Morgan fingerprint density at radius 2 is 1.46 bits per heavy atom. The van der Waals surface area contributed by atoms with Gasteiger partial charge in [-0.05, 0) is 51.2 Å². The van der Waals surface area contributed by atoms with Gasteiger partial charge in [-0.25, -0.2) is 9.86 Å². The molecule has 6 heteroatoms. The molecule has 0 aliphatic rings. The number of hydrogen-bond acceptors (Lipinski definition) is 4.